The summed E-state index contributed by atoms with van der Waals surface area (Å²) in [5, 5.41) is 9.49. The Labute approximate surface area is 155 Å². The molecular formula is C20H20F3NO3. The molecule has 0 aromatic heterocycles. The minimum absolute atomic E-state index is 0.0606. The van der Waals surface area contributed by atoms with Crippen molar-refractivity contribution in [3.8, 4) is 0 Å². The molecule has 0 heterocycles. The molecule has 2 aromatic rings. The summed E-state index contributed by atoms with van der Waals surface area (Å²) in [6.07, 6.45) is -4.64. The van der Waals surface area contributed by atoms with Crippen molar-refractivity contribution in [3.05, 3.63) is 65.2 Å². The zero-order valence-corrected chi connectivity index (χ0v) is 15.0. The van der Waals surface area contributed by atoms with Crippen LogP contribution in [0.2, 0.25) is 0 Å². The SMILES string of the molecule is CCC(C(=O)O)N(C(=O)Cc1ccccc1C)c1cccc(C(F)(F)F)c1. The van der Waals surface area contributed by atoms with E-state index in [0.29, 0.717) is 5.56 Å². The second kappa shape index (κ2) is 8.24. The number of nitrogens with zero attached hydrogens (tertiary/aromatic N) is 1. The van der Waals surface area contributed by atoms with E-state index in [1.165, 1.54) is 12.1 Å². The third-order valence-electron chi connectivity index (χ3n) is 4.31. The van der Waals surface area contributed by atoms with Gasteiger partial charge in [-0.2, -0.15) is 13.2 Å². The first-order chi connectivity index (χ1) is 12.6. The van der Waals surface area contributed by atoms with Gasteiger partial charge in [0.2, 0.25) is 5.91 Å². The van der Waals surface area contributed by atoms with E-state index in [0.717, 1.165) is 22.6 Å². The number of carbonyl (C=O) groups excluding carboxylic acids is 1. The van der Waals surface area contributed by atoms with Gasteiger partial charge < -0.3 is 5.11 Å². The number of carboxylic acids is 1. The van der Waals surface area contributed by atoms with Crippen molar-refractivity contribution >= 4 is 17.6 Å². The minimum atomic E-state index is -4.59. The minimum Gasteiger partial charge on any atom is -0.480 e. The molecule has 0 saturated heterocycles. The van der Waals surface area contributed by atoms with E-state index < -0.39 is 29.7 Å². The van der Waals surface area contributed by atoms with Crippen LogP contribution in [0.15, 0.2) is 48.5 Å². The van der Waals surface area contributed by atoms with Gasteiger partial charge in [-0.3, -0.25) is 9.69 Å². The number of hydrogen-bond acceptors (Lipinski definition) is 2. The van der Waals surface area contributed by atoms with E-state index in [2.05, 4.69) is 0 Å². The largest absolute Gasteiger partial charge is 0.480 e. The molecule has 0 saturated carbocycles. The Morgan fingerprint density at radius 2 is 1.78 bits per heavy atom. The highest BCUT2D eigenvalue weighted by atomic mass is 19.4. The fraction of sp³-hybridized carbons (Fsp3) is 0.300. The Kier molecular flexibility index (Phi) is 6.25. The lowest BCUT2D eigenvalue weighted by Crippen LogP contribution is -2.46. The van der Waals surface area contributed by atoms with E-state index in [1.807, 2.05) is 13.0 Å². The van der Waals surface area contributed by atoms with Crippen LogP contribution in [-0.2, 0) is 22.2 Å². The molecule has 27 heavy (non-hydrogen) atoms. The number of amides is 1. The van der Waals surface area contributed by atoms with Gasteiger partial charge in [0.25, 0.3) is 0 Å². The Bertz CT molecular complexity index is 833. The van der Waals surface area contributed by atoms with Crippen LogP contribution in [0.3, 0.4) is 0 Å². The third-order valence-corrected chi connectivity index (χ3v) is 4.31. The standard InChI is InChI=1S/C20H20F3NO3/c1-3-17(19(26)27)24(16-10-6-9-15(12-16)20(21,22)23)18(25)11-14-8-5-4-7-13(14)2/h4-10,12,17H,3,11H2,1-2H3,(H,26,27). The lowest BCUT2D eigenvalue weighted by atomic mass is 10.0. The first-order valence-corrected chi connectivity index (χ1v) is 8.41. The smallest absolute Gasteiger partial charge is 0.416 e. The Balaban J connectivity index is 2.47. The molecule has 1 N–H and O–H groups in total. The van der Waals surface area contributed by atoms with Crippen LogP contribution in [0.5, 0.6) is 0 Å². The predicted molar refractivity (Wildman–Crippen MR) is 95.5 cm³/mol. The highest BCUT2D eigenvalue weighted by molar-refractivity contribution is 6.00. The van der Waals surface area contributed by atoms with Crippen LogP contribution in [0.1, 0.15) is 30.0 Å². The molecule has 1 unspecified atom stereocenters. The van der Waals surface area contributed by atoms with Crippen molar-refractivity contribution in [1.82, 2.24) is 0 Å². The van der Waals surface area contributed by atoms with Crippen LogP contribution in [0.25, 0.3) is 0 Å². The summed E-state index contributed by atoms with van der Waals surface area (Å²) >= 11 is 0. The van der Waals surface area contributed by atoms with Crippen LogP contribution in [0.4, 0.5) is 18.9 Å². The maximum atomic E-state index is 13.1. The van der Waals surface area contributed by atoms with Gasteiger partial charge in [0, 0.05) is 5.69 Å². The number of alkyl halides is 3. The molecule has 1 amide bonds. The van der Waals surface area contributed by atoms with Gasteiger partial charge in [-0.05, 0) is 42.7 Å². The van der Waals surface area contributed by atoms with Gasteiger partial charge in [0.05, 0.1) is 12.0 Å². The van der Waals surface area contributed by atoms with Crippen LogP contribution in [0, 0.1) is 6.92 Å². The number of aliphatic carboxylic acids is 1. The van der Waals surface area contributed by atoms with E-state index in [-0.39, 0.29) is 18.5 Å². The molecule has 0 aliphatic carbocycles. The van der Waals surface area contributed by atoms with Gasteiger partial charge in [-0.15, -0.1) is 0 Å². The summed E-state index contributed by atoms with van der Waals surface area (Å²) in [6, 6.07) is 10.0. The monoisotopic (exact) mass is 379 g/mol. The number of carboxylic acid groups (broad SMARTS) is 1. The molecule has 0 aliphatic heterocycles. The van der Waals surface area contributed by atoms with Crippen LogP contribution >= 0.6 is 0 Å². The molecule has 2 aromatic carbocycles. The van der Waals surface area contributed by atoms with E-state index in [1.54, 1.807) is 25.1 Å². The number of hydrogen-bond donors (Lipinski definition) is 1. The average molecular weight is 379 g/mol. The van der Waals surface area contributed by atoms with Crippen molar-refractivity contribution in [2.24, 2.45) is 0 Å². The second-order valence-corrected chi connectivity index (χ2v) is 6.18. The summed E-state index contributed by atoms with van der Waals surface area (Å²) in [5.41, 5.74) is 0.518. The first kappa shape index (κ1) is 20.5. The lowest BCUT2D eigenvalue weighted by molar-refractivity contribution is -0.140. The molecular weight excluding hydrogens is 359 g/mol. The molecule has 2 rings (SSSR count). The quantitative estimate of drug-likeness (QED) is 0.807. The van der Waals surface area contributed by atoms with E-state index >= 15 is 0 Å². The van der Waals surface area contributed by atoms with Crippen molar-refractivity contribution in [3.63, 3.8) is 0 Å². The molecule has 7 heteroatoms. The Morgan fingerprint density at radius 3 is 2.33 bits per heavy atom. The highest BCUT2D eigenvalue weighted by Crippen LogP contribution is 2.32. The first-order valence-electron chi connectivity index (χ1n) is 8.41. The van der Waals surface area contributed by atoms with Crippen LogP contribution in [-0.4, -0.2) is 23.0 Å². The molecule has 0 spiro atoms. The Morgan fingerprint density at radius 1 is 1.11 bits per heavy atom. The lowest BCUT2D eigenvalue weighted by Gasteiger charge is -2.29. The van der Waals surface area contributed by atoms with Gasteiger partial charge in [0.15, 0.2) is 0 Å². The molecule has 0 aliphatic rings. The molecule has 1 atom stereocenters. The number of halogens is 3. The topological polar surface area (TPSA) is 57.6 Å². The number of anilines is 1. The van der Waals surface area contributed by atoms with Crippen molar-refractivity contribution in [1.29, 1.82) is 0 Å². The summed E-state index contributed by atoms with van der Waals surface area (Å²) in [7, 11) is 0. The number of rotatable bonds is 6. The summed E-state index contributed by atoms with van der Waals surface area (Å²) in [5.74, 6) is -1.84. The van der Waals surface area contributed by atoms with Crippen molar-refractivity contribution in [2.45, 2.75) is 38.9 Å². The van der Waals surface area contributed by atoms with E-state index in [4.69, 9.17) is 0 Å². The average Bonchev–Trinajstić information content (AvgIpc) is 2.60. The molecule has 0 radical (unpaired) electrons. The molecule has 0 bridgehead atoms. The molecule has 0 fully saturated rings. The molecule has 144 valence electrons. The maximum absolute atomic E-state index is 13.1. The Hall–Kier alpha value is -2.83. The summed E-state index contributed by atoms with van der Waals surface area (Å²) in [4.78, 5) is 25.5. The van der Waals surface area contributed by atoms with Crippen LogP contribution < -0.4 is 4.90 Å². The van der Waals surface area contributed by atoms with Gasteiger partial charge in [-0.1, -0.05) is 37.3 Å². The molecule has 4 nitrogen and oxygen atoms in total. The van der Waals surface area contributed by atoms with Gasteiger partial charge >= 0.3 is 12.1 Å². The maximum Gasteiger partial charge on any atom is 0.416 e. The second-order valence-electron chi connectivity index (χ2n) is 6.18. The van der Waals surface area contributed by atoms with E-state index in [9.17, 15) is 27.9 Å². The predicted octanol–water partition coefficient (Wildman–Crippen LogP) is 4.45. The zero-order chi connectivity index (χ0) is 20.2. The van der Waals surface area contributed by atoms with Crippen molar-refractivity contribution < 1.29 is 27.9 Å². The fourth-order valence-corrected chi connectivity index (χ4v) is 2.85. The summed E-state index contributed by atoms with van der Waals surface area (Å²) < 4.78 is 39.2. The van der Waals surface area contributed by atoms with Gasteiger partial charge in [-0.25, -0.2) is 4.79 Å². The van der Waals surface area contributed by atoms with Crippen molar-refractivity contribution in [2.75, 3.05) is 4.90 Å². The fourth-order valence-electron chi connectivity index (χ4n) is 2.85. The number of aryl methyl sites for hydroxylation is 1. The third kappa shape index (κ3) is 4.87. The highest BCUT2D eigenvalue weighted by Gasteiger charge is 2.34. The normalized spacial score (nSPS) is 12.5. The van der Waals surface area contributed by atoms with Gasteiger partial charge in [0.1, 0.15) is 6.04 Å². The zero-order valence-electron chi connectivity index (χ0n) is 15.0. The number of benzene rings is 2. The summed E-state index contributed by atoms with van der Waals surface area (Å²) in [6.45, 7) is 3.38. The number of carbonyl (C=O) groups is 2.